The fourth-order valence-corrected chi connectivity index (χ4v) is 2.36. The number of allylic oxidation sites excluding steroid dienone is 1. The molecule has 1 atom stereocenters. The molecule has 16 heavy (non-hydrogen) atoms. The summed E-state index contributed by atoms with van der Waals surface area (Å²) in [6.45, 7) is 10.0. The molecule has 1 heterocycles. The van der Waals surface area contributed by atoms with E-state index in [9.17, 15) is 0 Å². The van der Waals surface area contributed by atoms with Gasteiger partial charge in [-0.25, -0.2) is 0 Å². The lowest BCUT2D eigenvalue weighted by Gasteiger charge is -2.25. The van der Waals surface area contributed by atoms with Crippen molar-refractivity contribution < 1.29 is 0 Å². The van der Waals surface area contributed by atoms with Crippen molar-refractivity contribution in [3.05, 3.63) is 23.9 Å². The van der Waals surface area contributed by atoms with Crippen molar-refractivity contribution in [1.82, 2.24) is 9.80 Å². The maximum atomic E-state index is 2.58. The summed E-state index contributed by atoms with van der Waals surface area (Å²) in [6.07, 6.45) is 9.37. The average molecular weight is 222 g/mol. The zero-order valence-corrected chi connectivity index (χ0v) is 11.2. The summed E-state index contributed by atoms with van der Waals surface area (Å²) < 4.78 is 0. The van der Waals surface area contributed by atoms with Gasteiger partial charge >= 0.3 is 0 Å². The molecule has 2 heteroatoms. The van der Waals surface area contributed by atoms with Crippen molar-refractivity contribution in [2.24, 2.45) is 0 Å². The largest absolute Gasteiger partial charge is 0.380 e. The number of hydrogen-bond donors (Lipinski definition) is 0. The third kappa shape index (κ3) is 3.38. The Hall–Kier alpha value is -0.760. The average Bonchev–Trinajstić information content (AvgIpc) is 2.76. The predicted molar refractivity (Wildman–Crippen MR) is 71.5 cm³/mol. The lowest BCUT2D eigenvalue weighted by atomic mass is 10.0. The molecular weight excluding hydrogens is 196 g/mol. The molecule has 1 saturated heterocycles. The minimum Gasteiger partial charge on any atom is -0.380 e. The maximum Gasteiger partial charge on any atom is 0.0362 e. The van der Waals surface area contributed by atoms with Crippen molar-refractivity contribution in [1.29, 1.82) is 0 Å². The molecule has 0 bridgehead atoms. The minimum absolute atomic E-state index is 0.634. The van der Waals surface area contributed by atoms with E-state index in [1.165, 1.54) is 25.0 Å². The van der Waals surface area contributed by atoms with Gasteiger partial charge in [-0.15, -0.1) is 0 Å². The summed E-state index contributed by atoms with van der Waals surface area (Å²) in [4.78, 5) is 4.84. The highest BCUT2D eigenvalue weighted by molar-refractivity contribution is 5.25. The van der Waals surface area contributed by atoms with Gasteiger partial charge < -0.3 is 4.90 Å². The molecule has 1 unspecified atom stereocenters. The zero-order chi connectivity index (χ0) is 12.0. The van der Waals surface area contributed by atoms with Crippen molar-refractivity contribution in [2.45, 2.75) is 39.7 Å². The topological polar surface area (TPSA) is 6.48 Å². The van der Waals surface area contributed by atoms with Gasteiger partial charge in [0.2, 0.25) is 0 Å². The number of nitrogens with zero attached hydrogens (tertiary/aromatic N) is 2. The lowest BCUT2D eigenvalue weighted by molar-refractivity contribution is 0.296. The molecule has 92 valence electrons. The Kier molecular flexibility index (Phi) is 5.61. The zero-order valence-electron chi connectivity index (χ0n) is 11.2. The van der Waals surface area contributed by atoms with Crippen LogP contribution in [-0.4, -0.2) is 42.5 Å². The Morgan fingerprint density at radius 3 is 2.75 bits per heavy atom. The molecule has 0 spiro atoms. The van der Waals surface area contributed by atoms with Crippen LogP contribution >= 0.6 is 0 Å². The van der Waals surface area contributed by atoms with Gasteiger partial charge in [0.25, 0.3) is 0 Å². The van der Waals surface area contributed by atoms with Gasteiger partial charge in [-0.3, -0.25) is 4.90 Å². The van der Waals surface area contributed by atoms with Gasteiger partial charge in [-0.1, -0.05) is 19.1 Å². The maximum absolute atomic E-state index is 2.58. The standard InChI is InChI=1S/C14H26N2/c1-5-9-13(12-15(4)6-2)14-10-8-11-16(14)7-3/h5,9,12,14H,6-8,10-11H2,1-4H3/b9-5-,13-12+. The fraction of sp³-hybridized carbons (Fsp3) is 0.714. The highest BCUT2D eigenvalue weighted by Crippen LogP contribution is 2.24. The van der Waals surface area contributed by atoms with Gasteiger partial charge in [0.15, 0.2) is 0 Å². The van der Waals surface area contributed by atoms with E-state index in [4.69, 9.17) is 0 Å². The summed E-state index contributed by atoms with van der Waals surface area (Å²) >= 11 is 0. The molecule has 1 fully saturated rings. The second kappa shape index (κ2) is 6.74. The fourth-order valence-electron chi connectivity index (χ4n) is 2.36. The molecule has 0 saturated carbocycles. The Morgan fingerprint density at radius 1 is 1.44 bits per heavy atom. The highest BCUT2D eigenvalue weighted by atomic mass is 15.2. The molecule has 0 N–H and O–H groups in total. The molecule has 0 aliphatic carbocycles. The van der Waals surface area contributed by atoms with E-state index in [2.05, 4.69) is 56.0 Å². The van der Waals surface area contributed by atoms with Gasteiger partial charge in [-0.05, 0) is 45.4 Å². The summed E-state index contributed by atoms with van der Waals surface area (Å²) in [5.74, 6) is 0. The van der Waals surface area contributed by atoms with Crippen LogP contribution in [0.3, 0.4) is 0 Å². The first-order valence-electron chi connectivity index (χ1n) is 6.51. The van der Waals surface area contributed by atoms with Crippen LogP contribution in [-0.2, 0) is 0 Å². The summed E-state index contributed by atoms with van der Waals surface area (Å²) in [5, 5.41) is 0. The van der Waals surface area contributed by atoms with E-state index >= 15 is 0 Å². The molecule has 0 amide bonds. The lowest BCUT2D eigenvalue weighted by Crippen LogP contribution is -2.31. The van der Waals surface area contributed by atoms with Gasteiger partial charge in [0.05, 0.1) is 0 Å². The molecule has 2 nitrogen and oxygen atoms in total. The third-order valence-electron chi connectivity index (χ3n) is 3.38. The van der Waals surface area contributed by atoms with Crippen LogP contribution in [0, 0.1) is 0 Å². The Morgan fingerprint density at radius 2 is 2.19 bits per heavy atom. The normalized spacial score (nSPS) is 23.2. The first-order valence-corrected chi connectivity index (χ1v) is 6.51. The third-order valence-corrected chi connectivity index (χ3v) is 3.38. The smallest absolute Gasteiger partial charge is 0.0362 e. The predicted octanol–water partition coefficient (Wildman–Crippen LogP) is 2.88. The summed E-state index contributed by atoms with van der Waals surface area (Å²) in [5.41, 5.74) is 1.46. The first-order chi connectivity index (χ1) is 7.72. The Balaban J connectivity index is 2.80. The van der Waals surface area contributed by atoms with Crippen LogP contribution in [0.1, 0.15) is 33.6 Å². The van der Waals surface area contributed by atoms with Crippen LogP contribution in [0.15, 0.2) is 23.9 Å². The van der Waals surface area contributed by atoms with Crippen LogP contribution < -0.4 is 0 Å². The molecule has 0 aromatic heterocycles. The van der Waals surface area contributed by atoms with E-state index in [1.807, 2.05) is 0 Å². The van der Waals surface area contributed by atoms with Gasteiger partial charge in [0.1, 0.15) is 0 Å². The molecule has 1 rings (SSSR count). The van der Waals surface area contributed by atoms with E-state index in [0.29, 0.717) is 6.04 Å². The number of hydrogen-bond acceptors (Lipinski definition) is 2. The van der Waals surface area contributed by atoms with Crippen LogP contribution in [0.5, 0.6) is 0 Å². The SMILES string of the molecule is C/C=C\C(=C/N(C)CC)C1CCCN1CC. The highest BCUT2D eigenvalue weighted by Gasteiger charge is 2.25. The number of likely N-dealkylation sites (N-methyl/N-ethyl adjacent to an activating group) is 1. The second-order valence-corrected chi connectivity index (χ2v) is 4.49. The second-order valence-electron chi connectivity index (χ2n) is 4.49. The van der Waals surface area contributed by atoms with Gasteiger partial charge in [-0.2, -0.15) is 0 Å². The van der Waals surface area contributed by atoms with Crippen LogP contribution in [0.25, 0.3) is 0 Å². The van der Waals surface area contributed by atoms with Crippen molar-refractivity contribution in [3.8, 4) is 0 Å². The van der Waals surface area contributed by atoms with Crippen LogP contribution in [0.2, 0.25) is 0 Å². The van der Waals surface area contributed by atoms with Crippen molar-refractivity contribution in [3.63, 3.8) is 0 Å². The Labute approximate surface area is 101 Å². The molecular formula is C14H26N2. The number of likely N-dealkylation sites (tertiary alicyclic amines) is 1. The van der Waals surface area contributed by atoms with Crippen molar-refractivity contribution >= 4 is 0 Å². The summed E-state index contributed by atoms with van der Waals surface area (Å²) in [7, 11) is 2.15. The monoisotopic (exact) mass is 222 g/mol. The Bertz CT molecular complexity index is 255. The quantitative estimate of drug-likeness (QED) is 0.660. The molecule has 1 aliphatic heterocycles. The molecule has 0 aromatic rings. The van der Waals surface area contributed by atoms with E-state index < -0.39 is 0 Å². The minimum atomic E-state index is 0.634. The molecule has 0 aromatic carbocycles. The molecule has 1 aliphatic rings. The summed E-state index contributed by atoms with van der Waals surface area (Å²) in [6, 6.07) is 0.634. The van der Waals surface area contributed by atoms with Gasteiger partial charge in [0, 0.05) is 25.8 Å². The number of rotatable bonds is 5. The van der Waals surface area contributed by atoms with Crippen LogP contribution in [0.4, 0.5) is 0 Å². The first kappa shape index (κ1) is 13.3. The van der Waals surface area contributed by atoms with E-state index in [-0.39, 0.29) is 0 Å². The van der Waals surface area contributed by atoms with Crippen molar-refractivity contribution in [2.75, 3.05) is 26.7 Å². The van der Waals surface area contributed by atoms with E-state index in [1.54, 1.807) is 0 Å². The van der Waals surface area contributed by atoms with E-state index in [0.717, 1.165) is 13.1 Å². The molecule has 0 radical (unpaired) electrons.